The lowest BCUT2D eigenvalue weighted by Crippen LogP contribution is -2.28. The molecule has 0 saturated carbocycles. The Morgan fingerprint density at radius 2 is 1.75 bits per heavy atom. The number of pyridine rings is 1. The van der Waals surface area contributed by atoms with Crippen LogP contribution in [-0.4, -0.2) is 46.1 Å². The minimum atomic E-state index is -1.02. The molecule has 0 saturated heterocycles. The predicted octanol–water partition coefficient (Wildman–Crippen LogP) is 5.18. The fourth-order valence-electron chi connectivity index (χ4n) is 4.57. The second-order valence-corrected chi connectivity index (χ2v) is 9.62. The van der Waals surface area contributed by atoms with Crippen molar-refractivity contribution in [2.45, 2.75) is 38.3 Å². The standard InChI is InChI=1S/C31H35N3O6/c35-27-15-13-25(26-14-16-29(37)33-30(26)27)28(36)20-32-17-6-1-2-7-18-40-24-12-8-11-23(19-24)34(31(38)39)21-22-9-4-3-5-10-22/h3-5,8-16,19,28,32,35-36H,1-2,6-7,17-18,20-21H2,(H,33,37)(H,38,39). The van der Waals surface area contributed by atoms with Gasteiger partial charge in [0.05, 0.1) is 30.5 Å². The monoisotopic (exact) mass is 545 g/mol. The first-order chi connectivity index (χ1) is 19.4. The molecule has 3 aromatic carbocycles. The van der Waals surface area contributed by atoms with Gasteiger partial charge in [-0.1, -0.05) is 55.3 Å². The highest BCUT2D eigenvalue weighted by Crippen LogP contribution is 2.28. The summed E-state index contributed by atoms with van der Waals surface area (Å²) in [5.41, 5.74) is 2.13. The molecule has 1 amide bonds. The molecule has 0 spiro atoms. The van der Waals surface area contributed by atoms with E-state index in [9.17, 15) is 24.9 Å². The molecule has 4 aromatic rings. The predicted molar refractivity (Wildman–Crippen MR) is 155 cm³/mol. The van der Waals surface area contributed by atoms with Gasteiger partial charge < -0.3 is 30.4 Å². The summed E-state index contributed by atoms with van der Waals surface area (Å²) in [5.74, 6) is 0.608. The van der Waals surface area contributed by atoms with Crippen molar-refractivity contribution in [2.75, 3.05) is 24.6 Å². The summed E-state index contributed by atoms with van der Waals surface area (Å²) in [6.07, 6.45) is 2.00. The van der Waals surface area contributed by atoms with Crippen molar-refractivity contribution in [2.24, 2.45) is 0 Å². The maximum atomic E-state index is 11.9. The number of phenolic OH excluding ortho intramolecular Hbond substituents is 1. The molecule has 1 heterocycles. The molecule has 9 nitrogen and oxygen atoms in total. The molecule has 0 bridgehead atoms. The van der Waals surface area contributed by atoms with E-state index in [1.54, 1.807) is 30.3 Å². The molecule has 4 rings (SSSR count). The van der Waals surface area contributed by atoms with Gasteiger partial charge in [-0.05, 0) is 54.8 Å². The molecular weight excluding hydrogens is 510 g/mol. The Hall–Kier alpha value is -4.34. The van der Waals surface area contributed by atoms with Crippen LogP contribution in [0.2, 0.25) is 0 Å². The molecule has 210 valence electrons. The molecule has 1 unspecified atom stereocenters. The number of unbranched alkanes of at least 4 members (excludes halogenated alkanes) is 3. The van der Waals surface area contributed by atoms with E-state index >= 15 is 0 Å². The zero-order valence-corrected chi connectivity index (χ0v) is 22.3. The van der Waals surface area contributed by atoms with Crippen LogP contribution >= 0.6 is 0 Å². The Bertz CT molecular complexity index is 1460. The number of aromatic nitrogens is 1. The van der Waals surface area contributed by atoms with Crippen LogP contribution in [0.15, 0.2) is 83.7 Å². The third-order valence-electron chi connectivity index (χ3n) is 6.66. The van der Waals surface area contributed by atoms with Crippen molar-refractivity contribution in [3.05, 3.63) is 100 Å². The Balaban J connectivity index is 1.14. The Kier molecular flexibility index (Phi) is 10.1. The maximum Gasteiger partial charge on any atom is 0.412 e. The summed E-state index contributed by atoms with van der Waals surface area (Å²) < 4.78 is 5.88. The smallest absolute Gasteiger partial charge is 0.412 e. The number of amides is 1. The van der Waals surface area contributed by atoms with Crippen LogP contribution in [0.1, 0.15) is 42.9 Å². The summed E-state index contributed by atoms with van der Waals surface area (Å²) in [5, 5.41) is 34.2. The number of H-pyrrole nitrogens is 1. The quantitative estimate of drug-likeness (QED) is 0.138. The van der Waals surface area contributed by atoms with Crippen LogP contribution in [0, 0.1) is 0 Å². The summed E-state index contributed by atoms with van der Waals surface area (Å²) >= 11 is 0. The van der Waals surface area contributed by atoms with Gasteiger partial charge in [-0.25, -0.2) is 4.79 Å². The number of carboxylic acid groups (broad SMARTS) is 1. The molecule has 0 aliphatic rings. The largest absolute Gasteiger partial charge is 0.506 e. The number of hydrogen-bond acceptors (Lipinski definition) is 6. The molecule has 0 aliphatic heterocycles. The summed E-state index contributed by atoms with van der Waals surface area (Å²) in [6.45, 7) is 1.91. The number of nitrogens with one attached hydrogen (secondary N) is 2. The SMILES string of the molecule is O=C(O)N(Cc1ccccc1)c1cccc(OCCCCCCNCC(O)c2ccc(O)c3[nH]c(=O)ccc23)c1. The van der Waals surface area contributed by atoms with Crippen LogP contribution < -0.4 is 20.5 Å². The van der Waals surface area contributed by atoms with Gasteiger partial charge in [0, 0.05) is 24.1 Å². The minimum absolute atomic E-state index is 0.0291. The zero-order valence-electron chi connectivity index (χ0n) is 22.3. The Labute approximate surface area is 232 Å². The number of aliphatic hydroxyl groups excluding tert-OH is 1. The lowest BCUT2D eigenvalue weighted by atomic mass is 10.0. The van der Waals surface area contributed by atoms with E-state index in [-0.39, 0.29) is 17.9 Å². The molecule has 9 heteroatoms. The van der Waals surface area contributed by atoms with Crippen LogP contribution in [0.25, 0.3) is 10.9 Å². The van der Waals surface area contributed by atoms with Gasteiger partial charge in [0.15, 0.2) is 0 Å². The molecule has 1 atom stereocenters. The first-order valence-electron chi connectivity index (χ1n) is 13.4. The van der Waals surface area contributed by atoms with Gasteiger partial charge in [-0.2, -0.15) is 0 Å². The molecule has 0 aliphatic carbocycles. The van der Waals surface area contributed by atoms with Crippen LogP contribution in [0.5, 0.6) is 11.5 Å². The van der Waals surface area contributed by atoms with E-state index in [1.165, 1.54) is 17.0 Å². The third-order valence-corrected chi connectivity index (χ3v) is 6.66. The van der Waals surface area contributed by atoms with Gasteiger partial charge in [0.25, 0.3) is 0 Å². The topological polar surface area (TPSA) is 135 Å². The summed E-state index contributed by atoms with van der Waals surface area (Å²) in [6, 6.07) is 22.7. The summed E-state index contributed by atoms with van der Waals surface area (Å²) in [7, 11) is 0. The van der Waals surface area contributed by atoms with Crippen molar-refractivity contribution >= 4 is 22.7 Å². The second-order valence-electron chi connectivity index (χ2n) is 9.62. The Morgan fingerprint density at radius 3 is 2.55 bits per heavy atom. The number of aromatic amines is 1. The van der Waals surface area contributed by atoms with Crippen LogP contribution in [-0.2, 0) is 6.54 Å². The molecular formula is C31H35N3O6. The van der Waals surface area contributed by atoms with Crippen molar-refractivity contribution in [3.8, 4) is 11.5 Å². The lowest BCUT2D eigenvalue weighted by Gasteiger charge is -2.20. The van der Waals surface area contributed by atoms with Crippen molar-refractivity contribution < 1.29 is 24.9 Å². The van der Waals surface area contributed by atoms with Gasteiger partial charge in [0.2, 0.25) is 5.56 Å². The second kappa shape index (κ2) is 14.2. The van der Waals surface area contributed by atoms with Crippen LogP contribution in [0.4, 0.5) is 10.5 Å². The number of aromatic hydroxyl groups is 1. The highest BCUT2D eigenvalue weighted by molar-refractivity contribution is 5.87. The molecule has 0 radical (unpaired) electrons. The molecule has 40 heavy (non-hydrogen) atoms. The van der Waals surface area contributed by atoms with E-state index in [0.29, 0.717) is 41.1 Å². The lowest BCUT2D eigenvalue weighted by molar-refractivity contribution is 0.176. The first kappa shape index (κ1) is 28.7. The maximum absolute atomic E-state index is 11.9. The third kappa shape index (κ3) is 7.84. The number of ether oxygens (including phenoxy) is 1. The highest BCUT2D eigenvalue weighted by Gasteiger charge is 2.16. The fraction of sp³-hybridized carbons (Fsp3) is 0.290. The van der Waals surface area contributed by atoms with Gasteiger partial charge in [-0.3, -0.25) is 9.69 Å². The highest BCUT2D eigenvalue weighted by atomic mass is 16.5. The van der Waals surface area contributed by atoms with Gasteiger partial charge >= 0.3 is 6.09 Å². The van der Waals surface area contributed by atoms with E-state index < -0.39 is 12.2 Å². The normalized spacial score (nSPS) is 11.8. The number of anilines is 1. The average molecular weight is 546 g/mol. The van der Waals surface area contributed by atoms with Crippen LogP contribution in [0.3, 0.4) is 0 Å². The summed E-state index contributed by atoms with van der Waals surface area (Å²) in [4.78, 5) is 27.3. The Morgan fingerprint density at radius 1 is 0.950 bits per heavy atom. The molecule has 5 N–H and O–H groups in total. The number of phenols is 1. The number of benzene rings is 3. The zero-order chi connectivity index (χ0) is 28.3. The van der Waals surface area contributed by atoms with E-state index in [1.807, 2.05) is 36.4 Å². The molecule has 1 aromatic heterocycles. The minimum Gasteiger partial charge on any atom is -0.506 e. The van der Waals surface area contributed by atoms with E-state index in [0.717, 1.165) is 37.8 Å². The number of hydrogen-bond donors (Lipinski definition) is 5. The average Bonchev–Trinajstić information content (AvgIpc) is 2.96. The molecule has 0 fully saturated rings. The first-order valence-corrected chi connectivity index (χ1v) is 13.4. The van der Waals surface area contributed by atoms with E-state index in [2.05, 4.69) is 10.3 Å². The van der Waals surface area contributed by atoms with Crippen molar-refractivity contribution in [1.82, 2.24) is 10.3 Å². The van der Waals surface area contributed by atoms with E-state index in [4.69, 9.17) is 4.74 Å². The number of nitrogens with zero attached hydrogens (tertiary/aromatic N) is 1. The van der Waals surface area contributed by atoms with Crippen molar-refractivity contribution in [1.29, 1.82) is 0 Å². The number of aliphatic hydroxyl groups is 1. The van der Waals surface area contributed by atoms with Gasteiger partial charge in [0.1, 0.15) is 11.5 Å². The van der Waals surface area contributed by atoms with Gasteiger partial charge in [-0.15, -0.1) is 0 Å². The number of rotatable bonds is 14. The van der Waals surface area contributed by atoms with Crippen molar-refractivity contribution in [3.63, 3.8) is 0 Å². The number of carbonyl (C=O) groups is 1. The number of fused-ring (bicyclic) bond motifs is 1. The fourth-order valence-corrected chi connectivity index (χ4v) is 4.57.